The topological polar surface area (TPSA) is 78.9 Å². The van der Waals surface area contributed by atoms with Gasteiger partial charge in [0.15, 0.2) is 6.10 Å². The van der Waals surface area contributed by atoms with E-state index in [4.69, 9.17) is 14.2 Å². The monoisotopic (exact) mass is 1100 g/mol. The molecular weight excluding hydrogens is 973 g/mol. The van der Waals surface area contributed by atoms with Gasteiger partial charge in [0.2, 0.25) is 0 Å². The molecule has 0 fully saturated rings. The van der Waals surface area contributed by atoms with E-state index in [0.717, 1.165) is 103 Å². The average molecular weight is 1100 g/mol. The van der Waals surface area contributed by atoms with Gasteiger partial charge in [0.05, 0.1) is 0 Å². The molecule has 0 rings (SSSR count). The Kier molecular flexibility index (Phi) is 63.7. The third kappa shape index (κ3) is 65.0. The fourth-order valence-electron chi connectivity index (χ4n) is 9.61. The Morgan fingerprint density at radius 1 is 0.266 bits per heavy atom. The normalized spacial score (nSPS) is 12.7. The van der Waals surface area contributed by atoms with Gasteiger partial charge in [-0.2, -0.15) is 0 Å². The molecule has 0 aliphatic rings. The first-order valence-electron chi connectivity index (χ1n) is 33.7. The van der Waals surface area contributed by atoms with E-state index in [9.17, 15) is 14.4 Å². The highest BCUT2D eigenvalue weighted by Crippen LogP contribution is 2.18. The second-order valence-electron chi connectivity index (χ2n) is 22.3. The second-order valence-corrected chi connectivity index (χ2v) is 22.3. The summed E-state index contributed by atoms with van der Waals surface area (Å²) in [7, 11) is 0. The molecule has 0 aromatic rings. The van der Waals surface area contributed by atoms with Crippen LogP contribution in [0.1, 0.15) is 329 Å². The Morgan fingerprint density at radius 2 is 0.506 bits per heavy atom. The van der Waals surface area contributed by atoms with E-state index in [-0.39, 0.29) is 37.5 Å². The molecule has 0 saturated heterocycles. The molecule has 0 aromatic heterocycles. The lowest BCUT2D eigenvalue weighted by atomic mass is 10.0. The zero-order chi connectivity index (χ0) is 57.1. The summed E-state index contributed by atoms with van der Waals surface area (Å²) in [4.78, 5) is 38.4. The predicted molar refractivity (Wildman–Crippen MR) is 344 cm³/mol. The molecule has 0 aliphatic carbocycles. The molecule has 1 atom stereocenters. The molecule has 6 nitrogen and oxygen atoms in total. The number of carbonyl (C=O) groups is 3. The Labute approximate surface area is 489 Å². The molecule has 1 unspecified atom stereocenters. The Hall–Kier alpha value is -3.67. The lowest BCUT2D eigenvalue weighted by molar-refractivity contribution is -0.167. The Balaban J connectivity index is 4.33. The van der Waals surface area contributed by atoms with Crippen LogP contribution in [0.2, 0.25) is 0 Å². The minimum Gasteiger partial charge on any atom is -0.462 e. The van der Waals surface area contributed by atoms with Gasteiger partial charge in [-0.15, -0.1) is 0 Å². The van der Waals surface area contributed by atoms with Gasteiger partial charge in [0.25, 0.3) is 0 Å². The average Bonchev–Trinajstić information content (AvgIpc) is 3.45. The lowest BCUT2D eigenvalue weighted by Gasteiger charge is -2.18. The maximum absolute atomic E-state index is 12.9. The predicted octanol–water partition coefficient (Wildman–Crippen LogP) is 23.2. The summed E-state index contributed by atoms with van der Waals surface area (Å²) in [5, 5.41) is 0. The maximum atomic E-state index is 12.9. The summed E-state index contributed by atoms with van der Waals surface area (Å²) >= 11 is 0. The van der Waals surface area contributed by atoms with Crippen molar-refractivity contribution in [1.82, 2.24) is 0 Å². The summed E-state index contributed by atoms with van der Waals surface area (Å²) in [6.45, 7) is 6.40. The number of hydrogen-bond acceptors (Lipinski definition) is 6. The number of allylic oxidation sites excluding steroid dienone is 16. The van der Waals surface area contributed by atoms with Crippen LogP contribution < -0.4 is 0 Å². The maximum Gasteiger partial charge on any atom is 0.306 e. The first kappa shape index (κ1) is 75.3. The van der Waals surface area contributed by atoms with Crippen LogP contribution in [0.15, 0.2) is 97.2 Å². The molecule has 0 heterocycles. The van der Waals surface area contributed by atoms with Crippen LogP contribution in [-0.2, 0) is 28.6 Å². The SMILES string of the molecule is CC/C=C\C/C=C\C/C=C\C/C=C\C/C=C\CCCC(=O)OC(COC(=O)CCCCCCCCC/C=C\C/C=C\C/C=C\CC)COC(=O)CCCCCCCCCCCCCCCCCCCCCCCCCCCCC. The fraction of sp³-hybridized carbons (Fsp3) is 0.740. The molecule has 0 aliphatic heterocycles. The Morgan fingerprint density at radius 3 is 0.810 bits per heavy atom. The number of rotatable bonds is 61. The van der Waals surface area contributed by atoms with E-state index in [1.165, 1.54) is 180 Å². The second kappa shape index (κ2) is 66.8. The molecule has 79 heavy (non-hydrogen) atoms. The van der Waals surface area contributed by atoms with Gasteiger partial charge in [0, 0.05) is 19.3 Å². The quantitative estimate of drug-likeness (QED) is 0.0261. The van der Waals surface area contributed by atoms with Crippen LogP contribution in [-0.4, -0.2) is 37.2 Å². The van der Waals surface area contributed by atoms with Crippen LogP contribution in [0.3, 0.4) is 0 Å². The van der Waals surface area contributed by atoms with E-state index in [0.29, 0.717) is 19.3 Å². The minimum atomic E-state index is -0.813. The third-order valence-electron chi connectivity index (χ3n) is 14.6. The van der Waals surface area contributed by atoms with Crippen LogP contribution >= 0.6 is 0 Å². The molecule has 0 spiro atoms. The molecule has 0 N–H and O–H groups in total. The molecule has 0 radical (unpaired) electrons. The molecule has 454 valence electrons. The van der Waals surface area contributed by atoms with Gasteiger partial charge in [-0.25, -0.2) is 0 Å². The minimum absolute atomic E-state index is 0.101. The summed E-state index contributed by atoms with van der Waals surface area (Å²) in [6.07, 6.45) is 90.1. The van der Waals surface area contributed by atoms with Crippen LogP contribution in [0.5, 0.6) is 0 Å². The van der Waals surface area contributed by atoms with Crippen molar-refractivity contribution in [2.75, 3.05) is 13.2 Å². The van der Waals surface area contributed by atoms with Crippen molar-refractivity contribution in [2.45, 2.75) is 335 Å². The number of carbonyl (C=O) groups excluding carboxylic acids is 3. The molecule has 0 bridgehead atoms. The van der Waals surface area contributed by atoms with E-state index in [2.05, 4.69) is 118 Å². The van der Waals surface area contributed by atoms with Gasteiger partial charge < -0.3 is 14.2 Å². The highest BCUT2D eigenvalue weighted by Gasteiger charge is 2.19. The Bertz CT molecular complexity index is 1540. The summed E-state index contributed by atoms with van der Waals surface area (Å²) in [5.74, 6) is -0.958. The van der Waals surface area contributed by atoms with Crippen molar-refractivity contribution in [3.05, 3.63) is 97.2 Å². The van der Waals surface area contributed by atoms with Crippen LogP contribution in [0, 0.1) is 0 Å². The van der Waals surface area contributed by atoms with Crippen molar-refractivity contribution >= 4 is 17.9 Å². The van der Waals surface area contributed by atoms with Crippen molar-refractivity contribution < 1.29 is 28.6 Å². The largest absolute Gasteiger partial charge is 0.462 e. The highest BCUT2D eigenvalue weighted by molar-refractivity contribution is 5.71. The number of hydrogen-bond donors (Lipinski definition) is 0. The smallest absolute Gasteiger partial charge is 0.306 e. The van der Waals surface area contributed by atoms with E-state index in [1.54, 1.807) is 0 Å². The number of ether oxygens (including phenoxy) is 3. The van der Waals surface area contributed by atoms with Crippen molar-refractivity contribution in [3.63, 3.8) is 0 Å². The van der Waals surface area contributed by atoms with Crippen LogP contribution in [0.25, 0.3) is 0 Å². The molecule has 6 heteroatoms. The molecule has 0 amide bonds. The third-order valence-corrected chi connectivity index (χ3v) is 14.6. The fourth-order valence-corrected chi connectivity index (χ4v) is 9.61. The van der Waals surface area contributed by atoms with Crippen molar-refractivity contribution in [3.8, 4) is 0 Å². The van der Waals surface area contributed by atoms with Crippen LogP contribution in [0.4, 0.5) is 0 Å². The zero-order valence-corrected chi connectivity index (χ0v) is 52.1. The molecular formula is C73H126O6. The van der Waals surface area contributed by atoms with Gasteiger partial charge in [0.1, 0.15) is 13.2 Å². The molecule has 0 aromatic carbocycles. The van der Waals surface area contributed by atoms with Gasteiger partial charge in [-0.1, -0.05) is 317 Å². The number of unbranched alkanes of at least 4 members (excludes halogenated alkanes) is 34. The summed E-state index contributed by atoms with van der Waals surface area (Å²) < 4.78 is 16.9. The highest BCUT2D eigenvalue weighted by atomic mass is 16.6. The summed E-state index contributed by atoms with van der Waals surface area (Å²) in [6, 6.07) is 0. The van der Waals surface area contributed by atoms with E-state index >= 15 is 0 Å². The summed E-state index contributed by atoms with van der Waals surface area (Å²) in [5.41, 5.74) is 0. The van der Waals surface area contributed by atoms with Gasteiger partial charge >= 0.3 is 17.9 Å². The standard InChI is InChI=1S/C73H126O6/c1-4-7-10-13-16-19-22-25-28-31-32-33-34-35-36-37-38-39-40-43-45-48-51-54-57-60-63-66-72(75)78-69-70(79-73(76)67-64-61-58-55-52-49-46-42-30-27-24-21-18-15-12-9-6-3)68-77-71(74)65-62-59-56-53-50-47-44-41-29-26-23-20-17-14-11-8-5-2/h8-9,11-12,17-18,20-21,26-27,29-30,46,49,55,58,70H,4-7,10,13-16,19,22-25,28,31-45,47-48,50-54,56-57,59-69H2,1-3H3/b11-8-,12-9-,20-17-,21-18-,29-26-,30-27-,49-46-,58-55-. The van der Waals surface area contributed by atoms with Crippen molar-refractivity contribution in [2.24, 2.45) is 0 Å². The molecule has 0 saturated carbocycles. The van der Waals surface area contributed by atoms with E-state index < -0.39 is 6.10 Å². The van der Waals surface area contributed by atoms with E-state index in [1.807, 2.05) is 0 Å². The first-order chi connectivity index (χ1) is 39.0. The van der Waals surface area contributed by atoms with Gasteiger partial charge in [-0.3, -0.25) is 14.4 Å². The lowest BCUT2D eigenvalue weighted by Crippen LogP contribution is -2.30. The number of esters is 3. The van der Waals surface area contributed by atoms with Crippen molar-refractivity contribution in [1.29, 1.82) is 0 Å². The zero-order valence-electron chi connectivity index (χ0n) is 52.1. The van der Waals surface area contributed by atoms with Gasteiger partial charge in [-0.05, 0) is 89.9 Å². The first-order valence-corrected chi connectivity index (χ1v) is 33.7.